The molecule has 0 amide bonds. The Bertz CT molecular complexity index is 251. The summed E-state index contributed by atoms with van der Waals surface area (Å²) in [7, 11) is 3.32. The van der Waals surface area contributed by atoms with Gasteiger partial charge in [-0.3, -0.25) is 0 Å². The summed E-state index contributed by atoms with van der Waals surface area (Å²) in [6, 6.07) is 5.76. The maximum atomic E-state index is 5.22. The van der Waals surface area contributed by atoms with E-state index in [1.165, 1.54) is 0 Å². The van der Waals surface area contributed by atoms with Gasteiger partial charge in [-0.15, -0.1) is 11.8 Å². The number of hydrogen-bond acceptors (Lipinski definition) is 3. The summed E-state index contributed by atoms with van der Waals surface area (Å²) < 4.78 is 10.4. The van der Waals surface area contributed by atoms with E-state index < -0.39 is 0 Å². The summed E-state index contributed by atoms with van der Waals surface area (Å²) in [5.74, 6) is 3.70. The Morgan fingerprint density at radius 1 is 1.15 bits per heavy atom. The zero-order chi connectivity index (χ0) is 9.68. The van der Waals surface area contributed by atoms with Crippen molar-refractivity contribution in [2.24, 2.45) is 0 Å². The first-order chi connectivity index (χ1) is 6.33. The molecule has 0 saturated carbocycles. The zero-order valence-corrected chi connectivity index (χ0v) is 8.85. The van der Waals surface area contributed by atoms with Crippen LogP contribution in [0.1, 0.15) is 6.92 Å². The topological polar surface area (TPSA) is 18.5 Å². The molecule has 13 heavy (non-hydrogen) atoms. The van der Waals surface area contributed by atoms with E-state index in [0.717, 1.165) is 16.4 Å². The van der Waals surface area contributed by atoms with Gasteiger partial charge in [0.2, 0.25) is 0 Å². The van der Waals surface area contributed by atoms with Crippen molar-refractivity contribution in [2.75, 3.05) is 14.2 Å². The Kier molecular flexibility index (Phi) is 3.96. The molecule has 0 spiro atoms. The van der Waals surface area contributed by atoms with Crippen molar-refractivity contribution < 1.29 is 9.47 Å². The smallest absolute Gasteiger partial charge is 0.136 e. The average Bonchev–Trinajstić information content (AvgIpc) is 2.18. The fourth-order valence-electron chi connectivity index (χ4n) is 1.05. The summed E-state index contributed by atoms with van der Waals surface area (Å²) in [4.78, 5) is 1.02. The molecule has 0 saturated heterocycles. The number of methoxy groups -OCH3 is 2. The number of hydrogen-bond donors (Lipinski definition) is 0. The molecule has 1 rings (SSSR count). The molecule has 1 radical (unpaired) electrons. The highest BCUT2D eigenvalue weighted by Gasteiger charge is 2.08. The third-order valence-corrected chi connectivity index (χ3v) is 2.49. The van der Waals surface area contributed by atoms with Gasteiger partial charge >= 0.3 is 0 Å². The van der Waals surface area contributed by atoms with Crippen molar-refractivity contribution in [3.05, 3.63) is 24.0 Å². The van der Waals surface area contributed by atoms with Crippen LogP contribution in [-0.2, 0) is 0 Å². The second kappa shape index (κ2) is 5.02. The number of benzene rings is 1. The van der Waals surface area contributed by atoms with Gasteiger partial charge in [0.1, 0.15) is 11.5 Å². The molecule has 1 aromatic rings. The lowest BCUT2D eigenvalue weighted by atomic mass is 10.3. The molecule has 0 bridgehead atoms. The van der Waals surface area contributed by atoms with Crippen LogP contribution in [0.4, 0.5) is 0 Å². The highest BCUT2D eigenvalue weighted by Crippen LogP contribution is 2.38. The van der Waals surface area contributed by atoms with E-state index in [0.29, 0.717) is 0 Å². The van der Waals surface area contributed by atoms with Crippen molar-refractivity contribution in [1.82, 2.24) is 0 Å². The largest absolute Gasteiger partial charge is 0.495 e. The fourth-order valence-corrected chi connectivity index (χ4v) is 1.82. The van der Waals surface area contributed by atoms with Crippen molar-refractivity contribution in [1.29, 1.82) is 0 Å². The first kappa shape index (κ1) is 10.3. The van der Waals surface area contributed by atoms with Crippen LogP contribution in [0.3, 0.4) is 0 Å². The normalized spacial score (nSPS) is 9.77. The van der Waals surface area contributed by atoms with Gasteiger partial charge < -0.3 is 9.47 Å². The summed E-state index contributed by atoms with van der Waals surface area (Å²) >= 11 is 1.60. The van der Waals surface area contributed by atoms with Crippen LogP contribution in [0, 0.1) is 5.75 Å². The quantitative estimate of drug-likeness (QED) is 0.691. The van der Waals surface area contributed by atoms with E-state index in [1.807, 2.05) is 30.9 Å². The van der Waals surface area contributed by atoms with E-state index in [-0.39, 0.29) is 0 Å². The van der Waals surface area contributed by atoms with Crippen molar-refractivity contribution >= 4 is 11.8 Å². The maximum absolute atomic E-state index is 5.22. The molecule has 0 aliphatic heterocycles. The molecule has 0 fully saturated rings. The van der Waals surface area contributed by atoms with Crippen LogP contribution in [0.15, 0.2) is 23.1 Å². The van der Waals surface area contributed by atoms with Gasteiger partial charge in [0, 0.05) is 5.75 Å². The van der Waals surface area contributed by atoms with E-state index in [9.17, 15) is 0 Å². The lowest BCUT2D eigenvalue weighted by Gasteiger charge is -2.10. The fraction of sp³-hybridized carbons (Fsp3) is 0.300. The molecular weight excluding hydrogens is 184 g/mol. The van der Waals surface area contributed by atoms with Crippen molar-refractivity contribution in [2.45, 2.75) is 11.8 Å². The minimum absolute atomic E-state index is 0.849. The van der Waals surface area contributed by atoms with Crippen LogP contribution < -0.4 is 9.47 Å². The Morgan fingerprint density at radius 3 is 2.08 bits per heavy atom. The summed E-state index contributed by atoms with van der Waals surface area (Å²) in [6.07, 6.45) is 0. The molecule has 2 nitrogen and oxygen atoms in total. The Hall–Kier alpha value is -0.830. The predicted molar refractivity (Wildman–Crippen MR) is 55.4 cm³/mol. The van der Waals surface area contributed by atoms with Crippen LogP contribution in [0.25, 0.3) is 0 Å². The SMILES string of the molecule is C[CH]Sc1c(OC)cccc1OC. The molecule has 0 N–H and O–H groups in total. The van der Waals surface area contributed by atoms with Gasteiger partial charge in [-0.25, -0.2) is 0 Å². The summed E-state index contributed by atoms with van der Waals surface area (Å²) in [5, 5.41) is 0. The van der Waals surface area contributed by atoms with Crippen LogP contribution in [0.2, 0.25) is 0 Å². The Labute approximate surface area is 83.2 Å². The van der Waals surface area contributed by atoms with Gasteiger partial charge in [-0.2, -0.15) is 0 Å². The Balaban J connectivity index is 3.05. The minimum Gasteiger partial charge on any atom is -0.495 e. The predicted octanol–water partition coefficient (Wildman–Crippen LogP) is 2.98. The zero-order valence-electron chi connectivity index (χ0n) is 8.03. The third kappa shape index (κ3) is 2.31. The lowest BCUT2D eigenvalue weighted by Crippen LogP contribution is -1.90. The maximum Gasteiger partial charge on any atom is 0.136 e. The molecule has 0 atom stereocenters. The molecule has 3 heteroatoms. The Morgan fingerprint density at radius 2 is 1.69 bits per heavy atom. The van der Waals surface area contributed by atoms with Gasteiger partial charge in [-0.1, -0.05) is 13.0 Å². The van der Waals surface area contributed by atoms with Crippen molar-refractivity contribution in [3.63, 3.8) is 0 Å². The lowest BCUT2D eigenvalue weighted by molar-refractivity contribution is 0.376. The monoisotopic (exact) mass is 197 g/mol. The highest BCUT2D eigenvalue weighted by molar-refractivity contribution is 8.01. The van der Waals surface area contributed by atoms with Gasteiger partial charge in [-0.05, 0) is 12.1 Å². The third-order valence-electron chi connectivity index (χ3n) is 1.62. The molecule has 0 aromatic heterocycles. The summed E-state index contributed by atoms with van der Waals surface area (Å²) in [6.45, 7) is 1.98. The van der Waals surface area contributed by atoms with Crippen LogP contribution in [0.5, 0.6) is 11.5 Å². The van der Waals surface area contributed by atoms with E-state index >= 15 is 0 Å². The highest BCUT2D eigenvalue weighted by atomic mass is 32.2. The first-order valence-corrected chi connectivity index (χ1v) is 4.87. The second-order valence-corrected chi connectivity index (χ2v) is 3.46. The van der Waals surface area contributed by atoms with Gasteiger partial charge in [0.25, 0.3) is 0 Å². The van der Waals surface area contributed by atoms with Gasteiger partial charge in [0.15, 0.2) is 0 Å². The molecule has 0 aliphatic carbocycles. The minimum atomic E-state index is 0.849. The van der Waals surface area contributed by atoms with E-state index in [1.54, 1.807) is 26.0 Å². The summed E-state index contributed by atoms with van der Waals surface area (Å²) in [5.41, 5.74) is 0. The number of ether oxygens (including phenoxy) is 2. The van der Waals surface area contributed by atoms with E-state index in [2.05, 4.69) is 0 Å². The molecule has 0 heterocycles. The average molecular weight is 197 g/mol. The molecule has 1 aromatic carbocycles. The second-order valence-electron chi connectivity index (χ2n) is 2.35. The first-order valence-electron chi connectivity index (χ1n) is 3.99. The molecule has 71 valence electrons. The number of rotatable bonds is 4. The van der Waals surface area contributed by atoms with E-state index in [4.69, 9.17) is 9.47 Å². The van der Waals surface area contributed by atoms with Crippen molar-refractivity contribution in [3.8, 4) is 11.5 Å². The number of thioether (sulfide) groups is 1. The molecule has 0 aliphatic rings. The molecular formula is C10H13O2S. The van der Waals surface area contributed by atoms with Crippen LogP contribution >= 0.6 is 11.8 Å². The van der Waals surface area contributed by atoms with Gasteiger partial charge in [0.05, 0.1) is 19.1 Å². The standard InChI is InChI=1S/C10H13O2S/c1-4-13-10-8(11-2)6-5-7-9(10)12-3/h4-7H,1-3H3. The van der Waals surface area contributed by atoms with Crippen LogP contribution in [-0.4, -0.2) is 14.2 Å². The molecule has 0 unspecified atom stereocenters.